The van der Waals surface area contributed by atoms with Gasteiger partial charge >= 0.3 is 0 Å². The molecule has 0 aliphatic heterocycles. The molecule has 84 valence electrons. The van der Waals surface area contributed by atoms with Crippen molar-refractivity contribution in [2.75, 3.05) is 5.88 Å². The Morgan fingerprint density at radius 1 is 1.56 bits per heavy atom. The van der Waals surface area contributed by atoms with Gasteiger partial charge in [0.2, 0.25) is 0 Å². The Hall–Kier alpha value is -0.870. The fraction of sp³-hybridized carbons (Fsp3) is 0.273. The monoisotopic (exact) mass is 300 g/mol. The summed E-state index contributed by atoms with van der Waals surface area (Å²) in [5.74, 6) is 0.390. The molecule has 1 atom stereocenters. The van der Waals surface area contributed by atoms with E-state index in [1.54, 1.807) is 17.0 Å². The second-order valence-corrected chi connectivity index (χ2v) is 4.85. The Bertz CT molecular complexity index is 582. The van der Waals surface area contributed by atoms with E-state index in [9.17, 15) is 4.79 Å². The average molecular weight is 302 g/mol. The highest BCUT2D eigenvalue weighted by Gasteiger charge is 2.09. The van der Waals surface area contributed by atoms with Gasteiger partial charge in [0.1, 0.15) is 0 Å². The lowest BCUT2D eigenvalue weighted by Gasteiger charge is -2.11. The Morgan fingerprint density at radius 3 is 3.00 bits per heavy atom. The Balaban J connectivity index is 2.73. The third-order valence-electron chi connectivity index (χ3n) is 2.44. The van der Waals surface area contributed by atoms with E-state index >= 15 is 0 Å². The van der Waals surface area contributed by atoms with Crippen LogP contribution in [0.1, 0.15) is 13.0 Å². The number of halogens is 2. The second kappa shape index (κ2) is 4.55. The maximum absolute atomic E-state index is 12.1. The van der Waals surface area contributed by atoms with Crippen LogP contribution in [0.3, 0.4) is 0 Å². The average Bonchev–Trinajstić information content (AvgIpc) is 2.29. The summed E-state index contributed by atoms with van der Waals surface area (Å²) in [6.45, 7) is 1.89. The first kappa shape index (κ1) is 11.6. The van der Waals surface area contributed by atoms with Crippen molar-refractivity contribution in [3.8, 4) is 0 Å². The van der Waals surface area contributed by atoms with E-state index in [1.165, 1.54) is 0 Å². The Labute approximate surface area is 106 Å². The van der Waals surface area contributed by atoms with Crippen LogP contribution in [0.15, 0.2) is 33.8 Å². The largest absolute Gasteiger partial charge is 0.295 e. The first-order valence-corrected chi connectivity index (χ1v) is 6.18. The number of fused-ring (bicyclic) bond motifs is 1. The van der Waals surface area contributed by atoms with Crippen LogP contribution in [0.25, 0.3) is 10.9 Å². The summed E-state index contributed by atoms with van der Waals surface area (Å²) in [7, 11) is 0. The maximum atomic E-state index is 12.1. The molecule has 16 heavy (non-hydrogen) atoms. The van der Waals surface area contributed by atoms with Crippen molar-refractivity contribution >= 4 is 38.4 Å². The highest BCUT2D eigenvalue weighted by Crippen LogP contribution is 2.15. The molecule has 5 heteroatoms. The molecule has 0 fully saturated rings. The summed E-state index contributed by atoms with van der Waals surface area (Å²) in [5, 5.41) is 0.605. The van der Waals surface area contributed by atoms with Gasteiger partial charge in [-0.25, -0.2) is 4.98 Å². The topological polar surface area (TPSA) is 34.9 Å². The quantitative estimate of drug-likeness (QED) is 0.799. The lowest BCUT2D eigenvalue weighted by molar-refractivity contribution is 0.579. The summed E-state index contributed by atoms with van der Waals surface area (Å²) in [4.78, 5) is 16.4. The molecule has 1 unspecified atom stereocenters. The van der Waals surface area contributed by atoms with Crippen molar-refractivity contribution in [1.29, 1.82) is 0 Å². The van der Waals surface area contributed by atoms with Crippen molar-refractivity contribution in [1.82, 2.24) is 9.55 Å². The van der Waals surface area contributed by atoms with Crippen molar-refractivity contribution in [3.63, 3.8) is 0 Å². The number of hydrogen-bond acceptors (Lipinski definition) is 2. The van der Waals surface area contributed by atoms with Gasteiger partial charge in [-0.1, -0.05) is 15.9 Å². The molecular formula is C11H10BrClN2O. The van der Waals surface area contributed by atoms with E-state index in [2.05, 4.69) is 20.9 Å². The van der Waals surface area contributed by atoms with E-state index < -0.39 is 0 Å². The van der Waals surface area contributed by atoms with Gasteiger partial charge in [0.15, 0.2) is 0 Å². The molecule has 3 nitrogen and oxygen atoms in total. The highest BCUT2D eigenvalue weighted by molar-refractivity contribution is 9.10. The van der Waals surface area contributed by atoms with Crippen LogP contribution in [-0.4, -0.2) is 15.4 Å². The number of aromatic nitrogens is 2. The number of alkyl halides is 1. The molecule has 2 rings (SSSR count). The van der Waals surface area contributed by atoms with E-state index in [1.807, 2.05) is 19.1 Å². The van der Waals surface area contributed by atoms with Crippen LogP contribution in [0, 0.1) is 0 Å². The minimum Gasteiger partial charge on any atom is -0.295 e. The van der Waals surface area contributed by atoms with Gasteiger partial charge in [-0.05, 0) is 25.1 Å². The van der Waals surface area contributed by atoms with Crippen LogP contribution in [0.4, 0.5) is 0 Å². The first-order chi connectivity index (χ1) is 7.63. The van der Waals surface area contributed by atoms with Gasteiger partial charge < -0.3 is 0 Å². The number of rotatable bonds is 2. The van der Waals surface area contributed by atoms with Gasteiger partial charge in [-0.15, -0.1) is 11.6 Å². The molecule has 0 amide bonds. The van der Waals surface area contributed by atoms with Crippen LogP contribution in [-0.2, 0) is 0 Å². The molecule has 1 heterocycles. The summed E-state index contributed by atoms with van der Waals surface area (Å²) in [6, 6.07) is 5.41. The Kier molecular flexibility index (Phi) is 3.30. The summed E-state index contributed by atoms with van der Waals surface area (Å²) < 4.78 is 2.43. The van der Waals surface area contributed by atoms with Crippen LogP contribution < -0.4 is 5.56 Å². The van der Waals surface area contributed by atoms with E-state index in [-0.39, 0.29) is 11.6 Å². The second-order valence-electron chi connectivity index (χ2n) is 3.62. The standard InChI is InChI=1S/C11H10BrClN2O/c1-7(5-13)15-6-14-10-3-2-8(12)4-9(10)11(15)16/h2-4,6-7H,5H2,1H3. The number of nitrogens with zero attached hydrogens (tertiary/aromatic N) is 2. The molecule has 0 aliphatic carbocycles. The minimum atomic E-state index is -0.0561. The number of hydrogen-bond donors (Lipinski definition) is 0. The molecule has 0 bridgehead atoms. The normalized spacial score (nSPS) is 12.9. The lowest BCUT2D eigenvalue weighted by atomic mass is 10.2. The van der Waals surface area contributed by atoms with Gasteiger partial charge in [-0.2, -0.15) is 0 Å². The molecular weight excluding hydrogens is 291 g/mol. The summed E-state index contributed by atoms with van der Waals surface area (Å²) >= 11 is 9.09. The van der Waals surface area contributed by atoms with Gasteiger partial charge in [-0.3, -0.25) is 9.36 Å². The third kappa shape index (κ3) is 1.99. The lowest BCUT2D eigenvalue weighted by Crippen LogP contribution is -2.24. The highest BCUT2D eigenvalue weighted by atomic mass is 79.9. The predicted molar refractivity (Wildman–Crippen MR) is 69.1 cm³/mol. The van der Waals surface area contributed by atoms with Crippen molar-refractivity contribution in [2.45, 2.75) is 13.0 Å². The van der Waals surface area contributed by atoms with Gasteiger partial charge in [0.05, 0.1) is 17.2 Å². The molecule has 2 aromatic rings. The van der Waals surface area contributed by atoms with E-state index in [0.717, 1.165) is 4.47 Å². The SMILES string of the molecule is CC(CCl)n1cnc2ccc(Br)cc2c1=O. The van der Waals surface area contributed by atoms with Crippen molar-refractivity contribution in [3.05, 3.63) is 39.4 Å². The first-order valence-electron chi connectivity index (χ1n) is 4.86. The molecule has 0 N–H and O–H groups in total. The molecule has 0 radical (unpaired) electrons. The Morgan fingerprint density at radius 2 is 2.31 bits per heavy atom. The van der Waals surface area contributed by atoms with Crippen LogP contribution in [0.2, 0.25) is 0 Å². The zero-order chi connectivity index (χ0) is 11.7. The maximum Gasteiger partial charge on any atom is 0.261 e. The number of benzene rings is 1. The van der Waals surface area contributed by atoms with Crippen LogP contribution >= 0.6 is 27.5 Å². The fourth-order valence-corrected chi connectivity index (χ4v) is 2.01. The smallest absolute Gasteiger partial charge is 0.261 e. The molecule has 0 spiro atoms. The zero-order valence-corrected chi connectivity index (χ0v) is 11.0. The van der Waals surface area contributed by atoms with E-state index in [0.29, 0.717) is 16.8 Å². The zero-order valence-electron chi connectivity index (χ0n) is 8.65. The van der Waals surface area contributed by atoms with Gasteiger partial charge in [0.25, 0.3) is 5.56 Å². The molecule has 1 aromatic carbocycles. The summed E-state index contributed by atoms with van der Waals surface area (Å²) in [6.07, 6.45) is 1.55. The molecule has 0 saturated heterocycles. The van der Waals surface area contributed by atoms with Crippen LogP contribution in [0.5, 0.6) is 0 Å². The third-order valence-corrected chi connectivity index (χ3v) is 3.38. The molecule has 0 aliphatic rings. The van der Waals surface area contributed by atoms with Gasteiger partial charge in [0, 0.05) is 16.4 Å². The van der Waals surface area contributed by atoms with Crippen molar-refractivity contribution < 1.29 is 0 Å². The fourth-order valence-electron chi connectivity index (χ4n) is 1.50. The van der Waals surface area contributed by atoms with Crippen molar-refractivity contribution in [2.24, 2.45) is 0 Å². The summed E-state index contributed by atoms with van der Waals surface area (Å²) in [5.41, 5.74) is 0.644. The van der Waals surface area contributed by atoms with E-state index in [4.69, 9.17) is 11.6 Å². The minimum absolute atomic E-state index is 0.0509. The molecule has 1 aromatic heterocycles. The predicted octanol–water partition coefficient (Wildman–Crippen LogP) is 2.96. The molecule has 0 saturated carbocycles.